The fourth-order valence-corrected chi connectivity index (χ4v) is 4.94. The van der Waals surface area contributed by atoms with Crippen molar-refractivity contribution in [3.63, 3.8) is 0 Å². The number of benzene rings is 2. The van der Waals surface area contributed by atoms with Crippen LogP contribution in [0.3, 0.4) is 0 Å². The van der Waals surface area contributed by atoms with Gasteiger partial charge in [-0.2, -0.15) is 5.10 Å². The molecule has 0 radical (unpaired) electrons. The van der Waals surface area contributed by atoms with Crippen molar-refractivity contribution in [1.82, 2.24) is 10.2 Å². The molecule has 3 aromatic rings. The van der Waals surface area contributed by atoms with Crippen LogP contribution in [0.25, 0.3) is 10.8 Å². The number of nitrogens with zero attached hydrogens (tertiary/aromatic N) is 3. The van der Waals surface area contributed by atoms with Crippen molar-refractivity contribution in [1.29, 1.82) is 0 Å². The van der Waals surface area contributed by atoms with Crippen LogP contribution in [-0.2, 0) is 16.8 Å². The number of methoxy groups -OCH3 is 2. The van der Waals surface area contributed by atoms with Crippen LogP contribution in [0.15, 0.2) is 36.4 Å². The van der Waals surface area contributed by atoms with E-state index in [2.05, 4.69) is 51.5 Å². The van der Waals surface area contributed by atoms with Gasteiger partial charge in [-0.05, 0) is 49.4 Å². The highest BCUT2D eigenvalue weighted by molar-refractivity contribution is 5.93. The zero-order valence-electron chi connectivity index (χ0n) is 17.8. The van der Waals surface area contributed by atoms with Crippen molar-refractivity contribution in [2.45, 2.75) is 31.8 Å². The first-order valence-corrected chi connectivity index (χ1v) is 10.5. The van der Waals surface area contributed by atoms with Crippen molar-refractivity contribution >= 4 is 16.6 Å². The van der Waals surface area contributed by atoms with Crippen LogP contribution >= 0.6 is 0 Å². The summed E-state index contributed by atoms with van der Waals surface area (Å²) < 4.78 is 17.5. The van der Waals surface area contributed by atoms with Crippen molar-refractivity contribution in [3.8, 4) is 11.5 Å². The highest BCUT2D eigenvalue weighted by Gasteiger charge is 2.42. The molecule has 5 rings (SSSR count). The van der Waals surface area contributed by atoms with Gasteiger partial charge in [-0.25, -0.2) is 0 Å². The monoisotopic (exact) mass is 405 g/mol. The molecule has 1 saturated heterocycles. The molecule has 0 N–H and O–H groups in total. The molecule has 30 heavy (non-hydrogen) atoms. The highest BCUT2D eigenvalue weighted by Crippen LogP contribution is 2.46. The van der Waals surface area contributed by atoms with Crippen molar-refractivity contribution in [3.05, 3.63) is 53.2 Å². The summed E-state index contributed by atoms with van der Waals surface area (Å²) in [6.45, 7) is 4.49. The van der Waals surface area contributed by atoms with E-state index in [0.717, 1.165) is 67.4 Å². The number of piperidine rings is 1. The summed E-state index contributed by atoms with van der Waals surface area (Å²) in [7, 11) is 3.37. The molecule has 2 aliphatic heterocycles. The molecular weight excluding hydrogens is 378 g/mol. The van der Waals surface area contributed by atoms with E-state index >= 15 is 0 Å². The highest BCUT2D eigenvalue weighted by atomic mass is 16.5. The van der Waals surface area contributed by atoms with E-state index in [1.54, 1.807) is 14.2 Å². The summed E-state index contributed by atoms with van der Waals surface area (Å²) in [6, 6.07) is 12.6. The first kappa shape index (κ1) is 19.1. The Morgan fingerprint density at radius 1 is 0.967 bits per heavy atom. The summed E-state index contributed by atoms with van der Waals surface area (Å²) in [6.07, 6.45) is 2.70. The second-order valence-corrected chi connectivity index (χ2v) is 8.10. The lowest BCUT2D eigenvalue weighted by Crippen LogP contribution is -2.47. The fourth-order valence-electron chi connectivity index (χ4n) is 4.94. The van der Waals surface area contributed by atoms with E-state index in [1.807, 2.05) is 6.92 Å². The fraction of sp³-hybridized carbons (Fsp3) is 0.417. The van der Waals surface area contributed by atoms with E-state index < -0.39 is 0 Å². The normalized spacial score (nSPS) is 17.8. The Balaban J connectivity index is 1.47. The summed E-state index contributed by atoms with van der Waals surface area (Å²) in [5, 5.41) is 11.3. The maximum Gasteiger partial charge on any atom is 0.161 e. The molecule has 6 nitrogen and oxygen atoms in total. The lowest BCUT2D eigenvalue weighted by Gasteiger charge is -2.45. The van der Waals surface area contributed by atoms with Crippen molar-refractivity contribution in [2.75, 3.05) is 38.8 Å². The van der Waals surface area contributed by atoms with Crippen LogP contribution in [0.5, 0.6) is 11.5 Å². The standard InChI is InChI=1S/C24H27N3O3/c1-16-18-6-4-5-7-19(18)23(26-25-16)27-11-9-24(10-12-27)20-15-22(29-3)21(28-2)14-17(20)8-13-30-24/h4-7,14-15H,8-13H2,1-3H3. The molecule has 1 fully saturated rings. The summed E-state index contributed by atoms with van der Waals surface area (Å²) in [4.78, 5) is 2.35. The van der Waals surface area contributed by atoms with Crippen LogP contribution in [0.1, 0.15) is 29.7 Å². The summed E-state index contributed by atoms with van der Waals surface area (Å²) in [5.74, 6) is 2.51. The Morgan fingerprint density at radius 2 is 1.67 bits per heavy atom. The molecule has 2 aliphatic rings. The van der Waals surface area contributed by atoms with E-state index in [-0.39, 0.29) is 5.60 Å². The number of fused-ring (bicyclic) bond motifs is 3. The lowest BCUT2D eigenvalue weighted by molar-refractivity contribution is -0.0768. The molecule has 3 heterocycles. The van der Waals surface area contributed by atoms with Gasteiger partial charge < -0.3 is 19.1 Å². The molecule has 0 amide bonds. The van der Waals surface area contributed by atoms with Gasteiger partial charge in [-0.1, -0.05) is 24.3 Å². The third-order valence-corrected chi connectivity index (χ3v) is 6.57. The SMILES string of the molecule is COc1cc2c(cc1OC)C1(CCN(c3nnc(C)c4ccccc34)CC1)OCC2. The Bertz CT molecular complexity index is 1090. The topological polar surface area (TPSA) is 56.7 Å². The maximum absolute atomic E-state index is 6.44. The minimum absolute atomic E-state index is 0.280. The first-order valence-electron chi connectivity index (χ1n) is 10.5. The summed E-state index contributed by atoms with van der Waals surface area (Å²) in [5.41, 5.74) is 3.23. The third-order valence-electron chi connectivity index (χ3n) is 6.57. The largest absolute Gasteiger partial charge is 0.493 e. The molecule has 1 aromatic heterocycles. The predicted molar refractivity (Wildman–Crippen MR) is 117 cm³/mol. The lowest BCUT2D eigenvalue weighted by atomic mass is 9.79. The Morgan fingerprint density at radius 3 is 2.40 bits per heavy atom. The van der Waals surface area contributed by atoms with Gasteiger partial charge in [0.15, 0.2) is 17.3 Å². The molecule has 2 aromatic carbocycles. The molecule has 0 bridgehead atoms. The van der Waals surface area contributed by atoms with Crippen LogP contribution in [0, 0.1) is 6.92 Å². The van der Waals surface area contributed by atoms with Gasteiger partial charge in [0, 0.05) is 23.9 Å². The Kier molecular flexibility index (Phi) is 4.74. The van der Waals surface area contributed by atoms with Crippen molar-refractivity contribution < 1.29 is 14.2 Å². The van der Waals surface area contributed by atoms with Gasteiger partial charge in [0.1, 0.15) is 0 Å². The number of ether oxygens (including phenoxy) is 3. The average molecular weight is 405 g/mol. The van der Waals surface area contributed by atoms with Gasteiger partial charge in [-0.15, -0.1) is 5.10 Å². The zero-order valence-corrected chi connectivity index (χ0v) is 17.8. The van der Waals surface area contributed by atoms with Gasteiger partial charge in [-0.3, -0.25) is 0 Å². The van der Waals surface area contributed by atoms with E-state index in [9.17, 15) is 0 Å². The molecule has 0 saturated carbocycles. The second-order valence-electron chi connectivity index (χ2n) is 8.10. The zero-order chi connectivity index (χ0) is 20.7. The molecule has 6 heteroatoms. The first-order chi connectivity index (χ1) is 14.6. The minimum atomic E-state index is -0.280. The molecule has 0 aliphatic carbocycles. The van der Waals surface area contributed by atoms with Gasteiger partial charge in [0.2, 0.25) is 0 Å². The van der Waals surface area contributed by atoms with Gasteiger partial charge in [0.05, 0.1) is 32.1 Å². The molecule has 0 atom stereocenters. The van der Waals surface area contributed by atoms with E-state index in [4.69, 9.17) is 14.2 Å². The van der Waals surface area contributed by atoms with Gasteiger partial charge >= 0.3 is 0 Å². The number of aromatic nitrogens is 2. The Hall–Kier alpha value is -2.86. The number of hydrogen-bond donors (Lipinski definition) is 0. The van der Waals surface area contributed by atoms with Crippen molar-refractivity contribution in [2.24, 2.45) is 0 Å². The van der Waals surface area contributed by atoms with Crippen LogP contribution in [0.2, 0.25) is 0 Å². The molecule has 156 valence electrons. The summed E-state index contributed by atoms with van der Waals surface area (Å²) >= 11 is 0. The van der Waals surface area contributed by atoms with E-state index in [0.29, 0.717) is 0 Å². The smallest absolute Gasteiger partial charge is 0.161 e. The number of aryl methyl sites for hydroxylation is 1. The third kappa shape index (κ3) is 2.98. The predicted octanol–water partition coefficient (Wildman–Crippen LogP) is 4.02. The second kappa shape index (κ2) is 7.43. The Labute approximate surface area is 176 Å². The number of rotatable bonds is 3. The number of hydrogen-bond acceptors (Lipinski definition) is 6. The quantitative estimate of drug-likeness (QED) is 0.656. The van der Waals surface area contributed by atoms with E-state index in [1.165, 1.54) is 16.5 Å². The maximum atomic E-state index is 6.44. The average Bonchev–Trinajstić information content (AvgIpc) is 2.80. The van der Waals surface area contributed by atoms with Crippen LogP contribution < -0.4 is 14.4 Å². The number of anilines is 1. The molecular formula is C24H27N3O3. The minimum Gasteiger partial charge on any atom is -0.493 e. The van der Waals surface area contributed by atoms with Gasteiger partial charge in [0.25, 0.3) is 0 Å². The molecule has 0 unspecified atom stereocenters. The van der Waals surface area contributed by atoms with Crippen LogP contribution in [-0.4, -0.2) is 44.1 Å². The van der Waals surface area contributed by atoms with Crippen LogP contribution in [0.4, 0.5) is 5.82 Å². The molecule has 1 spiro atoms.